The molecule has 0 unspecified atom stereocenters. The zero-order valence-corrected chi connectivity index (χ0v) is 10.3. The SMILES string of the molecule is COc1cc(N)ccc1SCc1ncccn1. The number of benzene rings is 1. The molecule has 0 saturated heterocycles. The van der Waals surface area contributed by atoms with Gasteiger partial charge in [0.1, 0.15) is 11.6 Å². The van der Waals surface area contributed by atoms with Gasteiger partial charge in [-0.2, -0.15) is 0 Å². The van der Waals surface area contributed by atoms with Gasteiger partial charge in [0.05, 0.1) is 12.9 Å². The Kier molecular flexibility index (Phi) is 3.82. The van der Waals surface area contributed by atoms with Crippen molar-refractivity contribution in [1.82, 2.24) is 9.97 Å². The summed E-state index contributed by atoms with van der Waals surface area (Å²) >= 11 is 1.63. The van der Waals surface area contributed by atoms with Gasteiger partial charge in [0.15, 0.2) is 0 Å². The van der Waals surface area contributed by atoms with Gasteiger partial charge in [0.25, 0.3) is 0 Å². The highest BCUT2D eigenvalue weighted by Gasteiger charge is 2.05. The van der Waals surface area contributed by atoms with Gasteiger partial charge in [0.2, 0.25) is 0 Å². The minimum atomic E-state index is 0.696. The maximum absolute atomic E-state index is 5.70. The first-order valence-corrected chi connectivity index (χ1v) is 6.10. The lowest BCUT2D eigenvalue weighted by Gasteiger charge is -2.08. The third-order valence-electron chi connectivity index (χ3n) is 2.16. The number of ether oxygens (including phenoxy) is 1. The van der Waals surface area contributed by atoms with Gasteiger partial charge in [-0.1, -0.05) is 0 Å². The van der Waals surface area contributed by atoms with Crippen LogP contribution >= 0.6 is 11.8 Å². The lowest BCUT2D eigenvalue weighted by Crippen LogP contribution is -1.93. The van der Waals surface area contributed by atoms with E-state index in [2.05, 4.69) is 9.97 Å². The van der Waals surface area contributed by atoms with E-state index in [1.54, 1.807) is 37.3 Å². The average Bonchev–Trinajstić information content (AvgIpc) is 2.38. The van der Waals surface area contributed by atoms with Crippen LogP contribution in [-0.4, -0.2) is 17.1 Å². The van der Waals surface area contributed by atoms with Crippen LogP contribution in [0.4, 0.5) is 5.69 Å². The Morgan fingerprint density at radius 1 is 1.29 bits per heavy atom. The van der Waals surface area contributed by atoms with E-state index < -0.39 is 0 Å². The number of nitrogens with two attached hydrogens (primary N) is 1. The van der Waals surface area contributed by atoms with Gasteiger partial charge in [-0.25, -0.2) is 9.97 Å². The quantitative estimate of drug-likeness (QED) is 0.664. The van der Waals surface area contributed by atoms with Crippen molar-refractivity contribution in [2.24, 2.45) is 0 Å². The molecule has 2 N–H and O–H groups in total. The van der Waals surface area contributed by atoms with Crippen molar-refractivity contribution in [2.75, 3.05) is 12.8 Å². The molecule has 0 aliphatic heterocycles. The van der Waals surface area contributed by atoms with Gasteiger partial charge in [0, 0.05) is 29.0 Å². The summed E-state index contributed by atoms with van der Waals surface area (Å²) in [7, 11) is 1.64. The topological polar surface area (TPSA) is 61.0 Å². The van der Waals surface area contributed by atoms with Crippen molar-refractivity contribution in [3.63, 3.8) is 0 Å². The monoisotopic (exact) mass is 247 g/mol. The second-order valence-electron chi connectivity index (χ2n) is 3.36. The third kappa shape index (κ3) is 3.10. The number of aromatic nitrogens is 2. The first kappa shape index (κ1) is 11.7. The molecule has 17 heavy (non-hydrogen) atoms. The molecule has 88 valence electrons. The highest BCUT2D eigenvalue weighted by Crippen LogP contribution is 2.32. The number of rotatable bonds is 4. The van der Waals surface area contributed by atoms with Crippen LogP contribution in [0.2, 0.25) is 0 Å². The fourth-order valence-corrected chi connectivity index (χ4v) is 2.23. The maximum Gasteiger partial charge on any atom is 0.138 e. The molecule has 4 nitrogen and oxygen atoms in total. The van der Waals surface area contributed by atoms with Crippen LogP contribution < -0.4 is 10.5 Å². The zero-order chi connectivity index (χ0) is 12.1. The summed E-state index contributed by atoms with van der Waals surface area (Å²) in [5, 5.41) is 0. The molecule has 2 rings (SSSR count). The van der Waals surface area contributed by atoms with Crippen molar-refractivity contribution in [1.29, 1.82) is 0 Å². The van der Waals surface area contributed by atoms with Gasteiger partial charge >= 0.3 is 0 Å². The average molecular weight is 247 g/mol. The molecule has 0 aliphatic carbocycles. The van der Waals surface area contributed by atoms with Crippen molar-refractivity contribution in [3.05, 3.63) is 42.5 Å². The lowest BCUT2D eigenvalue weighted by atomic mass is 10.3. The molecule has 1 heterocycles. The van der Waals surface area contributed by atoms with E-state index >= 15 is 0 Å². The number of thioether (sulfide) groups is 1. The number of anilines is 1. The molecular formula is C12H13N3OS. The first-order valence-electron chi connectivity index (χ1n) is 5.12. The fraction of sp³-hybridized carbons (Fsp3) is 0.167. The van der Waals surface area contributed by atoms with E-state index in [-0.39, 0.29) is 0 Å². The van der Waals surface area contributed by atoms with Crippen LogP contribution in [0, 0.1) is 0 Å². The number of nitrogen functional groups attached to an aromatic ring is 1. The molecule has 2 aromatic rings. The highest BCUT2D eigenvalue weighted by atomic mass is 32.2. The van der Waals surface area contributed by atoms with Gasteiger partial charge < -0.3 is 10.5 Å². The van der Waals surface area contributed by atoms with E-state index in [1.165, 1.54) is 0 Å². The third-order valence-corrected chi connectivity index (χ3v) is 3.21. The predicted molar refractivity (Wildman–Crippen MR) is 69.0 cm³/mol. The Bertz CT molecular complexity index is 490. The van der Waals surface area contributed by atoms with Gasteiger partial charge in [-0.15, -0.1) is 11.8 Å². The fourth-order valence-electron chi connectivity index (χ4n) is 1.35. The van der Waals surface area contributed by atoms with E-state index in [1.807, 2.05) is 18.2 Å². The Labute approximate surface area is 104 Å². The summed E-state index contributed by atoms with van der Waals surface area (Å²) in [5.41, 5.74) is 6.39. The molecule has 0 saturated carbocycles. The van der Waals surface area contributed by atoms with Crippen molar-refractivity contribution < 1.29 is 4.74 Å². The largest absolute Gasteiger partial charge is 0.496 e. The second kappa shape index (κ2) is 5.54. The number of methoxy groups -OCH3 is 1. The second-order valence-corrected chi connectivity index (χ2v) is 4.38. The van der Waals surface area contributed by atoms with Gasteiger partial charge in [-0.3, -0.25) is 0 Å². The molecule has 0 radical (unpaired) electrons. The van der Waals surface area contributed by atoms with Crippen LogP contribution in [0.25, 0.3) is 0 Å². The predicted octanol–water partition coefficient (Wildman–Crippen LogP) is 2.36. The van der Waals surface area contributed by atoms with Crippen LogP contribution in [-0.2, 0) is 5.75 Å². The molecule has 0 spiro atoms. The molecule has 1 aromatic carbocycles. The standard InChI is InChI=1S/C12H13N3OS/c1-16-10-7-9(13)3-4-11(10)17-8-12-14-5-2-6-15-12/h2-7H,8,13H2,1H3. The molecule has 0 aliphatic rings. The number of nitrogens with zero attached hydrogens (tertiary/aromatic N) is 2. The summed E-state index contributed by atoms with van der Waals surface area (Å²) in [6.45, 7) is 0. The van der Waals surface area contributed by atoms with E-state index in [4.69, 9.17) is 10.5 Å². The normalized spacial score (nSPS) is 10.2. The minimum absolute atomic E-state index is 0.696. The summed E-state index contributed by atoms with van der Waals surface area (Å²) in [6, 6.07) is 7.42. The van der Waals surface area contributed by atoms with Crippen LogP contribution in [0.5, 0.6) is 5.75 Å². The number of hydrogen-bond acceptors (Lipinski definition) is 5. The Morgan fingerprint density at radius 2 is 2.06 bits per heavy atom. The molecule has 0 atom stereocenters. The Morgan fingerprint density at radius 3 is 2.76 bits per heavy atom. The minimum Gasteiger partial charge on any atom is -0.496 e. The van der Waals surface area contributed by atoms with Crippen molar-refractivity contribution in [3.8, 4) is 5.75 Å². The molecule has 0 bridgehead atoms. The van der Waals surface area contributed by atoms with E-state index in [0.29, 0.717) is 11.4 Å². The summed E-state index contributed by atoms with van der Waals surface area (Å²) < 4.78 is 5.27. The smallest absolute Gasteiger partial charge is 0.138 e. The summed E-state index contributed by atoms with van der Waals surface area (Å²) in [5.74, 6) is 2.29. The molecular weight excluding hydrogens is 234 g/mol. The zero-order valence-electron chi connectivity index (χ0n) is 9.46. The lowest BCUT2D eigenvalue weighted by molar-refractivity contribution is 0.405. The molecule has 0 fully saturated rings. The molecule has 5 heteroatoms. The van der Waals surface area contributed by atoms with Crippen LogP contribution in [0.15, 0.2) is 41.6 Å². The van der Waals surface area contributed by atoms with Crippen LogP contribution in [0.1, 0.15) is 5.82 Å². The van der Waals surface area contributed by atoms with Crippen molar-refractivity contribution in [2.45, 2.75) is 10.6 Å². The van der Waals surface area contributed by atoms with E-state index in [9.17, 15) is 0 Å². The first-order chi connectivity index (χ1) is 8.29. The molecule has 1 aromatic heterocycles. The molecule has 0 amide bonds. The summed E-state index contributed by atoms with van der Waals surface area (Å²) in [6.07, 6.45) is 3.48. The Hall–Kier alpha value is -1.75. The highest BCUT2D eigenvalue weighted by molar-refractivity contribution is 7.98. The van der Waals surface area contributed by atoms with Gasteiger partial charge in [-0.05, 0) is 18.2 Å². The Balaban J connectivity index is 2.09. The number of hydrogen-bond donors (Lipinski definition) is 1. The van der Waals surface area contributed by atoms with Crippen molar-refractivity contribution >= 4 is 17.4 Å². The maximum atomic E-state index is 5.70. The summed E-state index contributed by atoms with van der Waals surface area (Å²) in [4.78, 5) is 9.38. The van der Waals surface area contributed by atoms with E-state index in [0.717, 1.165) is 16.5 Å². The van der Waals surface area contributed by atoms with Crippen LogP contribution in [0.3, 0.4) is 0 Å².